The van der Waals surface area contributed by atoms with Gasteiger partial charge in [0.2, 0.25) is 0 Å². The zero-order valence-corrected chi connectivity index (χ0v) is 30.6. The zero-order chi connectivity index (χ0) is 33.6. The van der Waals surface area contributed by atoms with E-state index in [9.17, 15) is 9.59 Å². The molecule has 0 radical (unpaired) electrons. The molecule has 272 valence electrons. The molecule has 2 heterocycles. The number of carbonyl (C=O) groups excluding carboxylic acids is 2. The van der Waals surface area contributed by atoms with Crippen LogP contribution in [0.15, 0.2) is 24.3 Å². The van der Waals surface area contributed by atoms with Crippen LogP contribution in [0, 0.1) is 11.8 Å². The summed E-state index contributed by atoms with van der Waals surface area (Å²) in [5.41, 5.74) is 0. The standard InChI is InChI=1S/C41H72O6/c1-3-5-7-9-14-20-26-36(28-22-16-11-12-18-24-30-40(42)46-34-38-32-44-38)37(27-21-15-10-8-6-4-2)29-23-17-13-19-25-31-41(43)47-35-39-33-45-39/h5,7,25,31,36-39H,3-4,6,8-24,26-30,32-35H2,1-2H3/b7-5+,31-25+. The molecule has 0 aromatic carbocycles. The second-order valence-electron chi connectivity index (χ2n) is 14.2. The van der Waals surface area contributed by atoms with Gasteiger partial charge in [0.1, 0.15) is 25.4 Å². The molecule has 2 fully saturated rings. The Morgan fingerprint density at radius 2 is 1.06 bits per heavy atom. The maximum absolute atomic E-state index is 11.9. The van der Waals surface area contributed by atoms with Gasteiger partial charge in [0.25, 0.3) is 0 Å². The van der Waals surface area contributed by atoms with Gasteiger partial charge in [-0.15, -0.1) is 0 Å². The topological polar surface area (TPSA) is 77.7 Å². The molecular formula is C41H72O6. The highest BCUT2D eigenvalue weighted by atomic mass is 16.6. The first kappa shape index (κ1) is 41.5. The molecule has 6 nitrogen and oxygen atoms in total. The summed E-state index contributed by atoms with van der Waals surface area (Å²) >= 11 is 0. The Morgan fingerprint density at radius 1 is 0.596 bits per heavy atom. The van der Waals surface area contributed by atoms with E-state index in [1.807, 2.05) is 6.08 Å². The molecule has 0 N–H and O–H groups in total. The van der Waals surface area contributed by atoms with E-state index in [1.54, 1.807) is 6.08 Å². The third-order valence-corrected chi connectivity index (χ3v) is 9.75. The molecule has 2 aliphatic heterocycles. The summed E-state index contributed by atoms with van der Waals surface area (Å²) in [6, 6.07) is 0. The Balaban J connectivity index is 1.74. The molecule has 0 spiro atoms. The number of carbonyl (C=O) groups is 2. The second-order valence-corrected chi connectivity index (χ2v) is 14.2. The molecule has 0 bridgehead atoms. The van der Waals surface area contributed by atoms with Crippen LogP contribution in [0.3, 0.4) is 0 Å². The molecule has 2 saturated heterocycles. The minimum atomic E-state index is -0.243. The molecule has 0 aromatic rings. The number of esters is 2. The summed E-state index contributed by atoms with van der Waals surface area (Å²) in [7, 11) is 0. The van der Waals surface area contributed by atoms with Gasteiger partial charge in [0.15, 0.2) is 0 Å². The SMILES string of the molecule is CC/C=C/CCCCC(CCCCCCCCC(=O)OCC1CO1)C(CCCCC/C=C/C(=O)OCC1CO1)CCCCCCCC. The van der Waals surface area contributed by atoms with Gasteiger partial charge in [-0.3, -0.25) is 4.79 Å². The number of rotatable bonds is 34. The van der Waals surface area contributed by atoms with Crippen LogP contribution >= 0.6 is 0 Å². The fourth-order valence-corrected chi connectivity index (χ4v) is 6.59. The van der Waals surface area contributed by atoms with Crippen molar-refractivity contribution in [1.29, 1.82) is 0 Å². The number of unbranched alkanes of at least 4 members (excludes halogenated alkanes) is 15. The summed E-state index contributed by atoms with van der Waals surface area (Å²) in [5.74, 6) is 1.37. The van der Waals surface area contributed by atoms with E-state index < -0.39 is 0 Å². The van der Waals surface area contributed by atoms with Crippen molar-refractivity contribution >= 4 is 11.9 Å². The van der Waals surface area contributed by atoms with E-state index in [0.717, 1.165) is 50.5 Å². The Labute approximate surface area is 289 Å². The summed E-state index contributed by atoms with van der Waals surface area (Å²) < 4.78 is 20.7. The number of allylic oxidation sites excluding steroid dienone is 3. The van der Waals surface area contributed by atoms with Gasteiger partial charge >= 0.3 is 11.9 Å². The van der Waals surface area contributed by atoms with Crippen LogP contribution < -0.4 is 0 Å². The van der Waals surface area contributed by atoms with E-state index in [1.165, 1.54) is 122 Å². The van der Waals surface area contributed by atoms with E-state index in [-0.39, 0.29) is 24.1 Å². The maximum atomic E-state index is 11.9. The number of epoxide rings is 2. The van der Waals surface area contributed by atoms with Crippen molar-refractivity contribution in [2.75, 3.05) is 26.4 Å². The molecule has 0 amide bonds. The second kappa shape index (κ2) is 29.3. The highest BCUT2D eigenvalue weighted by Gasteiger charge is 2.24. The van der Waals surface area contributed by atoms with E-state index >= 15 is 0 Å². The molecule has 6 heteroatoms. The Morgan fingerprint density at radius 3 is 1.64 bits per heavy atom. The van der Waals surface area contributed by atoms with Crippen LogP contribution in [0.25, 0.3) is 0 Å². The van der Waals surface area contributed by atoms with Crippen LogP contribution in [0.1, 0.15) is 174 Å². The molecule has 2 rings (SSSR count). The van der Waals surface area contributed by atoms with Crippen molar-refractivity contribution in [3.05, 3.63) is 24.3 Å². The lowest BCUT2D eigenvalue weighted by molar-refractivity contribution is -0.144. The molecule has 4 unspecified atom stereocenters. The van der Waals surface area contributed by atoms with Crippen molar-refractivity contribution in [2.45, 2.75) is 187 Å². The molecule has 0 aromatic heterocycles. The van der Waals surface area contributed by atoms with E-state index in [2.05, 4.69) is 26.0 Å². The summed E-state index contributed by atoms with van der Waals surface area (Å²) in [6.45, 7) is 6.78. The van der Waals surface area contributed by atoms with Crippen LogP contribution in [0.4, 0.5) is 0 Å². The lowest BCUT2D eigenvalue weighted by atomic mass is 9.78. The first-order chi connectivity index (χ1) is 23.1. The highest BCUT2D eigenvalue weighted by molar-refractivity contribution is 5.81. The summed E-state index contributed by atoms with van der Waals surface area (Å²) in [6.07, 6.45) is 39.7. The van der Waals surface area contributed by atoms with Gasteiger partial charge < -0.3 is 18.9 Å². The highest BCUT2D eigenvalue weighted by Crippen LogP contribution is 2.33. The van der Waals surface area contributed by atoms with Gasteiger partial charge in [-0.25, -0.2) is 4.79 Å². The average molecular weight is 661 g/mol. The minimum Gasteiger partial charge on any atom is -0.463 e. The maximum Gasteiger partial charge on any atom is 0.330 e. The molecular weight excluding hydrogens is 588 g/mol. The van der Waals surface area contributed by atoms with Crippen molar-refractivity contribution < 1.29 is 28.5 Å². The fourth-order valence-electron chi connectivity index (χ4n) is 6.59. The van der Waals surface area contributed by atoms with Crippen LogP contribution in [0.5, 0.6) is 0 Å². The van der Waals surface area contributed by atoms with Crippen molar-refractivity contribution in [2.24, 2.45) is 11.8 Å². The van der Waals surface area contributed by atoms with Gasteiger partial charge in [-0.05, 0) is 50.4 Å². The van der Waals surface area contributed by atoms with Gasteiger partial charge in [-0.1, -0.05) is 148 Å². The largest absolute Gasteiger partial charge is 0.463 e. The fraction of sp³-hybridized carbons (Fsp3) is 0.854. The third kappa shape index (κ3) is 26.0. The Bertz CT molecular complexity index is 815. The first-order valence-corrected chi connectivity index (χ1v) is 20.0. The van der Waals surface area contributed by atoms with Crippen molar-refractivity contribution in [3.63, 3.8) is 0 Å². The minimum absolute atomic E-state index is 0.0684. The van der Waals surface area contributed by atoms with Crippen LogP contribution in [-0.2, 0) is 28.5 Å². The Hall–Kier alpha value is -1.66. The molecule has 4 atom stereocenters. The number of ether oxygens (including phenoxy) is 4. The smallest absolute Gasteiger partial charge is 0.330 e. The van der Waals surface area contributed by atoms with Crippen molar-refractivity contribution in [1.82, 2.24) is 0 Å². The molecule has 0 saturated carbocycles. The molecule has 0 aliphatic carbocycles. The van der Waals surface area contributed by atoms with Gasteiger partial charge in [0, 0.05) is 12.5 Å². The number of hydrogen-bond acceptors (Lipinski definition) is 6. The third-order valence-electron chi connectivity index (χ3n) is 9.75. The summed E-state index contributed by atoms with van der Waals surface area (Å²) in [5, 5.41) is 0. The normalized spacial score (nSPS) is 18.5. The monoisotopic (exact) mass is 661 g/mol. The predicted octanol–water partition coefficient (Wildman–Crippen LogP) is 11.0. The lowest BCUT2D eigenvalue weighted by Gasteiger charge is -2.28. The van der Waals surface area contributed by atoms with E-state index in [4.69, 9.17) is 18.9 Å². The van der Waals surface area contributed by atoms with E-state index in [0.29, 0.717) is 26.2 Å². The molecule has 47 heavy (non-hydrogen) atoms. The van der Waals surface area contributed by atoms with Crippen LogP contribution in [-0.4, -0.2) is 50.6 Å². The van der Waals surface area contributed by atoms with Gasteiger partial charge in [0.05, 0.1) is 13.2 Å². The number of hydrogen-bond donors (Lipinski definition) is 0. The van der Waals surface area contributed by atoms with Gasteiger partial charge in [-0.2, -0.15) is 0 Å². The Kier molecular flexibility index (Phi) is 25.9. The first-order valence-electron chi connectivity index (χ1n) is 20.0. The summed E-state index contributed by atoms with van der Waals surface area (Å²) in [4.78, 5) is 23.7. The predicted molar refractivity (Wildman–Crippen MR) is 193 cm³/mol. The average Bonchev–Trinajstić information content (AvgIpc) is 4.01. The lowest BCUT2D eigenvalue weighted by Crippen LogP contribution is -2.16. The quantitative estimate of drug-likeness (QED) is 0.0225. The zero-order valence-electron chi connectivity index (χ0n) is 30.6. The van der Waals surface area contributed by atoms with Crippen molar-refractivity contribution in [3.8, 4) is 0 Å². The van der Waals surface area contributed by atoms with Crippen LogP contribution in [0.2, 0.25) is 0 Å². The molecule has 2 aliphatic rings.